The lowest BCUT2D eigenvalue weighted by Crippen LogP contribution is -2.20. The zero-order valence-corrected chi connectivity index (χ0v) is 20.2. The highest BCUT2D eigenvalue weighted by molar-refractivity contribution is 9.10. The Morgan fingerprint density at radius 1 is 1.12 bits per heavy atom. The van der Waals surface area contributed by atoms with Gasteiger partial charge in [-0.25, -0.2) is 5.43 Å². The van der Waals surface area contributed by atoms with Crippen molar-refractivity contribution in [2.45, 2.75) is 6.92 Å². The van der Waals surface area contributed by atoms with E-state index in [-0.39, 0.29) is 29.2 Å². The number of amides is 2. The molecule has 3 aromatic carbocycles. The predicted octanol–water partition coefficient (Wildman–Crippen LogP) is 5.20. The Morgan fingerprint density at radius 2 is 1.88 bits per heavy atom. The molecule has 0 aromatic heterocycles. The molecular formula is C24H21BrClN3O4. The highest BCUT2D eigenvalue weighted by Crippen LogP contribution is 2.36. The Balaban J connectivity index is 1.62. The van der Waals surface area contributed by atoms with Gasteiger partial charge in [0.25, 0.3) is 11.8 Å². The summed E-state index contributed by atoms with van der Waals surface area (Å²) in [5.41, 5.74) is 5.21. The quantitative estimate of drug-likeness (QED) is 0.309. The maximum Gasteiger partial charge on any atom is 0.271 e. The molecule has 3 aromatic rings. The van der Waals surface area contributed by atoms with Gasteiger partial charge in [-0.3, -0.25) is 9.59 Å². The minimum Gasteiger partial charge on any atom is -0.493 e. The van der Waals surface area contributed by atoms with Crippen molar-refractivity contribution in [2.75, 3.05) is 19.0 Å². The van der Waals surface area contributed by atoms with E-state index in [9.17, 15) is 9.59 Å². The van der Waals surface area contributed by atoms with Crippen molar-refractivity contribution < 1.29 is 19.1 Å². The maximum atomic E-state index is 12.2. The molecule has 3 rings (SSSR count). The van der Waals surface area contributed by atoms with Gasteiger partial charge in [-0.15, -0.1) is 0 Å². The number of nitrogens with one attached hydrogen (secondary N) is 2. The second-order valence-electron chi connectivity index (χ2n) is 6.95. The van der Waals surface area contributed by atoms with E-state index >= 15 is 0 Å². The van der Waals surface area contributed by atoms with Gasteiger partial charge in [-0.1, -0.05) is 39.7 Å². The van der Waals surface area contributed by atoms with Gasteiger partial charge in [0.05, 0.1) is 18.3 Å². The number of anilines is 1. The van der Waals surface area contributed by atoms with Gasteiger partial charge in [0.1, 0.15) is 0 Å². The number of methoxy groups -OCH3 is 1. The molecule has 2 N–H and O–H groups in total. The molecule has 7 nitrogen and oxygen atoms in total. The number of aryl methyl sites for hydroxylation is 1. The SMILES string of the molecule is COc1cc(/C=N/NC(=O)c2ccc(Br)cc2)cc(Cl)c1OCC(=O)Nc1cccc(C)c1. The molecule has 0 radical (unpaired) electrons. The number of halogens is 2. The predicted molar refractivity (Wildman–Crippen MR) is 133 cm³/mol. The number of benzene rings is 3. The number of ether oxygens (including phenoxy) is 2. The van der Waals surface area contributed by atoms with Crippen molar-refractivity contribution in [2.24, 2.45) is 5.10 Å². The van der Waals surface area contributed by atoms with E-state index in [4.69, 9.17) is 21.1 Å². The molecule has 0 aliphatic carbocycles. The number of hydrogen-bond acceptors (Lipinski definition) is 5. The molecule has 0 bridgehead atoms. The van der Waals surface area contributed by atoms with Crippen LogP contribution in [0.4, 0.5) is 5.69 Å². The molecule has 2 amide bonds. The van der Waals surface area contributed by atoms with Gasteiger partial charge in [-0.05, 0) is 66.6 Å². The van der Waals surface area contributed by atoms with Crippen LogP contribution in [0.2, 0.25) is 5.02 Å². The van der Waals surface area contributed by atoms with Crippen LogP contribution in [0.1, 0.15) is 21.5 Å². The molecule has 0 unspecified atom stereocenters. The van der Waals surface area contributed by atoms with Crippen LogP contribution in [0.15, 0.2) is 70.2 Å². The molecule has 0 fully saturated rings. The van der Waals surface area contributed by atoms with E-state index in [0.29, 0.717) is 22.6 Å². The summed E-state index contributed by atoms with van der Waals surface area (Å²) in [6.07, 6.45) is 1.43. The van der Waals surface area contributed by atoms with Crippen molar-refractivity contribution in [1.82, 2.24) is 5.43 Å². The molecule has 0 spiro atoms. The first-order chi connectivity index (χ1) is 15.9. The molecule has 0 atom stereocenters. The summed E-state index contributed by atoms with van der Waals surface area (Å²) >= 11 is 9.66. The topological polar surface area (TPSA) is 89.0 Å². The van der Waals surface area contributed by atoms with Crippen LogP contribution in [-0.4, -0.2) is 31.7 Å². The lowest BCUT2D eigenvalue weighted by atomic mass is 10.2. The molecule has 0 saturated heterocycles. The smallest absolute Gasteiger partial charge is 0.271 e. The van der Waals surface area contributed by atoms with E-state index in [0.717, 1.165) is 10.0 Å². The fourth-order valence-corrected chi connectivity index (χ4v) is 3.38. The monoisotopic (exact) mass is 529 g/mol. The fourth-order valence-electron chi connectivity index (χ4n) is 2.84. The van der Waals surface area contributed by atoms with Gasteiger partial charge < -0.3 is 14.8 Å². The second kappa shape index (κ2) is 11.5. The van der Waals surface area contributed by atoms with Crippen LogP contribution >= 0.6 is 27.5 Å². The van der Waals surface area contributed by atoms with Crippen molar-refractivity contribution in [3.05, 3.63) is 86.8 Å². The van der Waals surface area contributed by atoms with E-state index in [1.54, 1.807) is 42.5 Å². The number of hydrazone groups is 1. The highest BCUT2D eigenvalue weighted by atomic mass is 79.9. The van der Waals surface area contributed by atoms with Crippen molar-refractivity contribution in [3.8, 4) is 11.5 Å². The van der Waals surface area contributed by atoms with E-state index in [1.165, 1.54) is 13.3 Å². The molecule has 33 heavy (non-hydrogen) atoms. The Kier molecular flexibility index (Phi) is 8.46. The van der Waals surface area contributed by atoms with Gasteiger partial charge >= 0.3 is 0 Å². The Hall–Kier alpha value is -3.36. The van der Waals surface area contributed by atoms with Crippen molar-refractivity contribution in [3.63, 3.8) is 0 Å². The Bertz CT molecular complexity index is 1180. The Labute approximate surface area is 204 Å². The zero-order valence-electron chi connectivity index (χ0n) is 17.9. The summed E-state index contributed by atoms with van der Waals surface area (Å²) in [6, 6.07) is 17.6. The van der Waals surface area contributed by atoms with Crippen LogP contribution in [-0.2, 0) is 4.79 Å². The zero-order chi connectivity index (χ0) is 23.8. The van der Waals surface area contributed by atoms with Gasteiger partial charge in [0, 0.05) is 15.7 Å². The largest absolute Gasteiger partial charge is 0.493 e. The third-order valence-electron chi connectivity index (χ3n) is 4.39. The molecule has 0 aliphatic heterocycles. The fraction of sp³-hybridized carbons (Fsp3) is 0.125. The molecule has 0 heterocycles. The summed E-state index contributed by atoms with van der Waals surface area (Å²) < 4.78 is 11.8. The standard InChI is InChI=1S/C24H21BrClN3O4/c1-15-4-3-5-19(10-15)28-22(30)14-33-23-20(26)11-16(12-21(23)32-2)13-27-29-24(31)17-6-8-18(25)9-7-17/h3-13H,14H2,1-2H3,(H,28,30)(H,29,31)/b27-13+. The number of carbonyl (C=O) groups excluding carboxylic acids is 2. The highest BCUT2D eigenvalue weighted by Gasteiger charge is 2.14. The first-order valence-corrected chi connectivity index (χ1v) is 11.0. The van der Waals surface area contributed by atoms with E-state index in [1.807, 2.05) is 25.1 Å². The van der Waals surface area contributed by atoms with Crippen LogP contribution in [0.25, 0.3) is 0 Å². The first kappa shape index (κ1) is 24.3. The molecule has 9 heteroatoms. The van der Waals surface area contributed by atoms with Gasteiger partial charge in [0.2, 0.25) is 0 Å². The average Bonchev–Trinajstić information content (AvgIpc) is 2.78. The van der Waals surface area contributed by atoms with Crippen LogP contribution < -0.4 is 20.2 Å². The normalized spacial score (nSPS) is 10.7. The van der Waals surface area contributed by atoms with E-state index in [2.05, 4.69) is 31.8 Å². The number of nitrogens with zero attached hydrogens (tertiary/aromatic N) is 1. The molecule has 0 saturated carbocycles. The number of hydrogen-bond donors (Lipinski definition) is 2. The second-order valence-corrected chi connectivity index (χ2v) is 8.27. The first-order valence-electron chi connectivity index (χ1n) is 9.81. The minimum atomic E-state index is -0.351. The lowest BCUT2D eigenvalue weighted by Gasteiger charge is -2.13. The minimum absolute atomic E-state index is 0.231. The number of rotatable bonds is 8. The molecular weight excluding hydrogens is 510 g/mol. The van der Waals surface area contributed by atoms with Crippen LogP contribution in [0.3, 0.4) is 0 Å². The van der Waals surface area contributed by atoms with Crippen molar-refractivity contribution >= 4 is 51.2 Å². The summed E-state index contributed by atoms with van der Waals surface area (Å²) in [7, 11) is 1.46. The summed E-state index contributed by atoms with van der Waals surface area (Å²) in [5.74, 6) is -0.127. The average molecular weight is 531 g/mol. The summed E-state index contributed by atoms with van der Waals surface area (Å²) in [6.45, 7) is 1.69. The van der Waals surface area contributed by atoms with Gasteiger partial charge in [0.15, 0.2) is 18.1 Å². The lowest BCUT2D eigenvalue weighted by molar-refractivity contribution is -0.118. The molecule has 170 valence electrons. The molecule has 0 aliphatic rings. The third kappa shape index (κ3) is 7.06. The van der Waals surface area contributed by atoms with Crippen molar-refractivity contribution in [1.29, 1.82) is 0 Å². The number of carbonyl (C=O) groups is 2. The van der Waals surface area contributed by atoms with Gasteiger partial charge in [-0.2, -0.15) is 5.10 Å². The van der Waals surface area contributed by atoms with Crippen LogP contribution in [0.5, 0.6) is 11.5 Å². The summed E-state index contributed by atoms with van der Waals surface area (Å²) in [4.78, 5) is 24.4. The third-order valence-corrected chi connectivity index (χ3v) is 5.20. The maximum absolute atomic E-state index is 12.2. The Morgan fingerprint density at radius 3 is 2.58 bits per heavy atom. The van der Waals surface area contributed by atoms with E-state index < -0.39 is 0 Å². The van der Waals surface area contributed by atoms with Crippen LogP contribution in [0, 0.1) is 6.92 Å². The summed E-state index contributed by atoms with van der Waals surface area (Å²) in [5, 5.41) is 6.96.